The van der Waals surface area contributed by atoms with Gasteiger partial charge in [-0.25, -0.2) is 0 Å². The zero-order valence-electron chi connectivity index (χ0n) is 18.0. The fourth-order valence-corrected chi connectivity index (χ4v) is 5.07. The summed E-state index contributed by atoms with van der Waals surface area (Å²) >= 11 is 0. The van der Waals surface area contributed by atoms with E-state index in [1.165, 1.54) is 7.11 Å². The fraction of sp³-hybridized carbons (Fsp3) is 0.609. The summed E-state index contributed by atoms with van der Waals surface area (Å²) in [6.45, 7) is 2.31. The Kier molecular flexibility index (Phi) is 6.46. The number of morpholine rings is 1. The molecule has 1 aliphatic carbocycles. The minimum atomic E-state index is -0.915. The quantitative estimate of drug-likeness (QED) is 0.667. The van der Waals surface area contributed by atoms with E-state index >= 15 is 0 Å². The smallest absolute Gasteiger partial charge is 0.317 e. The molecular weight excluding hydrogens is 400 g/mol. The molecule has 0 saturated carbocycles. The second kappa shape index (κ2) is 9.26. The number of esters is 1. The molecule has 0 unspecified atom stereocenters. The lowest BCUT2D eigenvalue weighted by Gasteiger charge is -2.46. The largest absolute Gasteiger partial charge is 0.468 e. The Balaban J connectivity index is 1.66. The normalized spacial score (nSPS) is 26.7. The topological polar surface area (TPSA) is 89.3 Å². The van der Waals surface area contributed by atoms with E-state index in [1.54, 1.807) is 22.1 Å². The number of carbonyl (C=O) groups excluding carboxylic acids is 3. The Morgan fingerprint density at radius 2 is 2.06 bits per heavy atom. The number of rotatable bonds is 5. The maximum absolute atomic E-state index is 13.6. The van der Waals surface area contributed by atoms with Crippen molar-refractivity contribution in [1.82, 2.24) is 9.80 Å². The van der Waals surface area contributed by atoms with Gasteiger partial charge in [-0.15, -0.1) is 0 Å². The second-order valence-corrected chi connectivity index (χ2v) is 8.51. The van der Waals surface area contributed by atoms with Crippen LogP contribution >= 0.6 is 0 Å². The molecular formula is C23H30N2O6. The fourth-order valence-electron chi connectivity index (χ4n) is 5.07. The first-order valence-corrected chi connectivity index (χ1v) is 11.0. The second-order valence-electron chi connectivity index (χ2n) is 8.51. The number of hydrogen-bond donors (Lipinski definition) is 0. The number of hydrogen-bond acceptors (Lipinski definition) is 6. The van der Waals surface area contributed by atoms with Gasteiger partial charge in [-0.1, -0.05) is 12.5 Å². The zero-order valence-corrected chi connectivity index (χ0v) is 18.0. The van der Waals surface area contributed by atoms with Crippen molar-refractivity contribution in [3.63, 3.8) is 0 Å². The van der Waals surface area contributed by atoms with E-state index in [0.717, 1.165) is 19.3 Å². The Morgan fingerprint density at radius 1 is 1.26 bits per heavy atom. The van der Waals surface area contributed by atoms with Crippen molar-refractivity contribution in [2.75, 3.05) is 33.4 Å². The molecule has 8 nitrogen and oxygen atoms in total. The minimum Gasteiger partial charge on any atom is -0.468 e. The number of likely N-dealkylation sites (tertiary alicyclic amines) is 1. The molecule has 3 heterocycles. The van der Waals surface area contributed by atoms with Gasteiger partial charge >= 0.3 is 5.97 Å². The van der Waals surface area contributed by atoms with Gasteiger partial charge < -0.3 is 23.7 Å². The van der Waals surface area contributed by atoms with E-state index in [9.17, 15) is 14.4 Å². The summed E-state index contributed by atoms with van der Waals surface area (Å²) in [6, 6.07) is 3.59. The molecule has 168 valence electrons. The van der Waals surface area contributed by atoms with Gasteiger partial charge in [0.05, 0.1) is 33.1 Å². The Hall–Kier alpha value is -2.61. The molecule has 1 aromatic heterocycles. The Bertz CT molecular complexity index is 842. The lowest BCUT2D eigenvalue weighted by Crippen LogP contribution is -2.53. The van der Waals surface area contributed by atoms with Crippen LogP contribution in [0.25, 0.3) is 0 Å². The number of carbonyl (C=O) groups is 3. The van der Waals surface area contributed by atoms with Crippen molar-refractivity contribution < 1.29 is 28.3 Å². The van der Waals surface area contributed by atoms with Crippen LogP contribution in [0.4, 0.5) is 0 Å². The van der Waals surface area contributed by atoms with Gasteiger partial charge in [0.2, 0.25) is 11.8 Å². The molecule has 0 bridgehead atoms. The number of nitrogens with zero attached hydrogens (tertiary/aromatic N) is 2. The maximum atomic E-state index is 13.6. The predicted octanol–water partition coefficient (Wildman–Crippen LogP) is 2.49. The Labute approximate surface area is 182 Å². The van der Waals surface area contributed by atoms with Crippen LogP contribution in [0.3, 0.4) is 0 Å². The molecule has 1 aromatic rings. The van der Waals surface area contributed by atoms with E-state index in [2.05, 4.69) is 0 Å². The van der Waals surface area contributed by atoms with Gasteiger partial charge in [-0.2, -0.15) is 0 Å². The molecule has 0 radical (unpaired) electrons. The highest BCUT2D eigenvalue weighted by molar-refractivity contribution is 5.92. The summed E-state index contributed by atoms with van der Waals surface area (Å²) in [6.07, 6.45) is 7.17. The summed E-state index contributed by atoms with van der Waals surface area (Å²) in [7, 11) is 1.39. The third kappa shape index (κ3) is 4.26. The first kappa shape index (κ1) is 21.6. The molecule has 2 amide bonds. The van der Waals surface area contributed by atoms with Crippen LogP contribution in [0.2, 0.25) is 0 Å². The maximum Gasteiger partial charge on any atom is 0.317 e. The monoisotopic (exact) mass is 430 g/mol. The number of methoxy groups -OCH3 is 1. The molecule has 2 fully saturated rings. The molecule has 0 spiro atoms. The van der Waals surface area contributed by atoms with E-state index < -0.39 is 11.3 Å². The van der Waals surface area contributed by atoms with E-state index in [-0.39, 0.29) is 30.7 Å². The lowest BCUT2D eigenvalue weighted by molar-refractivity contribution is -0.160. The summed E-state index contributed by atoms with van der Waals surface area (Å²) < 4.78 is 16.1. The molecule has 4 rings (SSSR count). The van der Waals surface area contributed by atoms with Crippen molar-refractivity contribution in [3.05, 3.63) is 35.9 Å². The third-order valence-electron chi connectivity index (χ3n) is 6.64. The highest BCUT2D eigenvalue weighted by Crippen LogP contribution is 2.49. The highest BCUT2D eigenvalue weighted by Gasteiger charge is 2.54. The number of amides is 2. The van der Waals surface area contributed by atoms with Gasteiger partial charge in [0.25, 0.3) is 0 Å². The van der Waals surface area contributed by atoms with Crippen LogP contribution in [0, 0.1) is 11.3 Å². The lowest BCUT2D eigenvalue weighted by atomic mass is 9.69. The number of allylic oxidation sites excluding steroid dienone is 1. The van der Waals surface area contributed by atoms with Gasteiger partial charge in [0.1, 0.15) is 11.2 Å². The molecule has 0 aromatic carbocycles. The first-order chi connectivity index (χ1) is 15.0. The standard InChI is InChI=1S/C23H30N2O6/c1-29-22(28)23-8-4-2-3-7-19(23)25(16-18-6-5-11-31-18)21(27)17(15-23)14-20(26)24-9-12-30-13-10-24/h5-7,11,17H,2-4,8-10,12-16H2,1H3/t17-,23+/m1/s1. The summed E-state index contributed by atoms with van der Waals surface area (Å²) in [5.74, 6) is -0.482. The number of ether oxygens (including phenoxy) is 2. The highest BCUT2D eigenvalue weighted by atomic mass is 16.5. The van der Waals surface area contributed by atoms with Crippen LogP contribution < -0.4 is 0 Å². The minimum absolute atomic E-state index is 0.0688. The average Bonchev–Trinajstić information content (AvgIpc) is 3.21. The average molecular weight is 431 g/mol. The molecule has 3 aliphatic rings. The molecule has 2 aliphatic heterocycles. The van der Waals surface area contributed by atoms with E-state index in [4.69, 9.17) is 13.9 Å². The van der Waals surface area contributed by atoms with Crippen molar-refractivity contribution >= 4 is 17.8 Å². The van der Waals surface area contributed by atoms with Gasteiger partial charge in [0, 0.05) is 31.1 Å². The zero-order chi connectivity index (χ0) is 21.8. The van der Waals surface area contributed by atoms with Crippen LogP contribution in [-0.2, 0) is 30.4 Å². The molecule has 8 heteroatoms. The van der Waals surface area contributed by atoms with E-state index in [0.29, 0.717) is 50.6 Å². The summed E-state index contributed by atoms with van der Waals surface area (Å²) in [5, 5.41) is 0. The first-order valence-electron chi connectivity index (χ1n) is 11.0. The van der Waals surface area contributed by atoms with Crippen molar-refractivity contribution in [1.29, 1.82) is 0 Å². The molecule has 2 atom stereocenters. The van der Waals surface area contributed by atoms with Crippen molar-refractivity contribution in [2.45, 2.75) is 45.1 Å². The van der Waals surface area contributed by atoms with Crippen LogP contribution in [0.15, 0.2) is 34.6 Å². The molecule has 2 saturated heterocycles. The Morgan fingerprint density at radius 3 is 2.77 bits per heavy atom. The number of furan rings is 1. The third-order valence-corrected chi connectivity index (χ3v) is 6.64. The van der Waals surface area contributed by atoms with Crippen molar-refractivity contribution in [2.24, 2.45) is 11.3 Å². The van der Waals surface area contributed by atoms with Crippen molar-refractivity contribution in [3.8, 4) is 0 Å². The van der Waals surface area contributed by atoms with E-state index in [1.807, 2.05) is 12.1 Å². The van der Waals surface area contributed by atoms with Gasteiger partial charge in [-0.05, 0) is 37.8 Å². The van der Waals surface area contributed by atoms with Crippen LogP contribution in [0.5, 0.6) is 0 Å². The van der Waals surface area contributed by atoms with Crippen LogP contribution in [0.1, 0.15) is 44.3 Å². The summed E-state index contributed by atoms with van der Waals surface area (Å²) in [4.78, 5) is 43.1. The van der Waals surface area contributed by atoms with Gasteiger partial charge in [-0.3, -0.25) is 14.4 Å². The predicted molar refractivity (Wildman–Crippen MR) is 110 cm³/mol. The van der Waals surface area contributed by atoms with Gasteiger partial charge in [0.15, 0.2) is 0 Å². The molecule has 0 N–H and O–H groups in total. The number of piperidine rings is 1. The SMILES string of the molecule is COC(=O)[C@]12CCCCC=C1N(Cc1ccco1)C(=O)[C@H](CC(=O)N1CCOCC1)C2. The van der Waals surface area contributed by atoms with Crippen LogP contribution in [-0.4, -0.2) is 61.0 Å². The number of fused-ring (bicyclic) bond motifs is 1. The molecule has 31 heavy (non-hydrogen) atoms. The summed E-state index contributed by atoms with van der Waals surface area (Å²) in [5.41, 5.74) is -0.213.